The number of carbonyl (C=O) groups is 1. The molecule has 1 heteroatoms. The fraction of sp³-hybridized carbons (Fsp3) is 0.444. The standard InChI is InChI=1S/C9H14O/c1-4-5-6-9(10)7-8(2)3/h4H,1-2,5-7H2,3H3. The van der Waals surface area contributed by atoms with E-state index in [1.807, 2.05) is 6.92 Å². The molecule has 0 bridgehead atoms. The molecule has 0 radical (unpaired) electrons. The summed E-state index contributed by atoms with van der Waals surface area (Å²) in [5.41, 5.74) is 0.939. The molecule has 56 valence electrons. The van der Waals surface area contributed by atoms with Crippen LogP contribution in [0.5, 0.6) is 0 Å². The maximum Gasteiger partial charge on any atom is 0.137 e. The Kier molecular flexibility index (Phi) is 4.55. The number of hydrogen-bond donors (Lipinski definition) is 0. The van der Waals surface area contributed by atoms with Crippen LogP contribution in [0.25, 0.3) is 0 Å². The molecule has 0 saturated heterocycles. The molecular weight excluding hydrogens is 124 g/mol. The fourth-order valence-corrected chi connectivity index (χ4v) is 0.688. The zero-order chi connectivity index (χ0) is 7.98. The lowest BCUT2D eigenvalue weighted by Gasteiger charge is -1.95. The molecule has 0 heterocycles. The smallest absolute Gasteiger partial charge is 0.137 e. The second-order valence-corrected chi connectivity index (χ2v) is 2.50. The first kappa shape index (κ1) is 9.15. The summed E-state index contributed by atoms with van der Waals surface area (Å²) < 4.78 is 0. The summed E-state index contributed by atoms with van der Waals surface area (Å²) in [7, 11) is 0. The van der Waals surface area contributed by atoms with Crippen molar-refractivity contribution in [1.82, 2.24) is 0 Å². The number of Topliss-reactive ketones (excluding diaryl/α,β-unsaturated/α-hetero) is 1. The highest BCUT2D eigenvalue weighted by atomic mass is 16.1. The van der Waals surface area contributed by atoms with Gasteiger partial charge in [0.1, 0.15) is 5.78 Å². The fourth-order valence-electron chi connectivity index (χ4n) is 0.688. The van der Waals surface area contributed by atoms with Gasteiger partial charge in [-0.05, 0) is 13.3 Å². The Bertz CT molecular complexity index is 145. The van der Waals surface area contributed by atoms with E-state index in [0.717, 1.165) is 12.0 Å². The molecule has 0 rings (SSSR count). The summed E-state index contributed by atoms with van der Waals surface area (Å²) in [6.45, 7) is 9.06. The van der Waals surface area contributed by atoms with Gasteiger partial charge in [-0.3, -0.25) is 4.79 Å². The average Bonchev–Trinajstić information content (AvgIpc) is 1.82. The lowest BCUT2D eigenvalue weighted by Crippen LogP contribution is -1.96. The molecule has 0 unspecified atom stereocenters. The van der Waals surface area contributed by atoms with Crippen molar-refractivity contribution in [3.05, 3.63) is 24.8 Å². The zero-order valence-corrected chi connectivity index (χ0v) is 6.52. The lowest BCUT2D eigenvalue weighted by atomic mass is 10.1. The minimum absolute atomic E-state index is 0.257. The third-order valence-corrected chi connectivity index (χ3v) is 1.13. The third kappa shape index (κ3) is 5.29. The van der Waals surface area contributed by atoms with Gasteiger partial charge in [-0.1, -0.05) is 18.2 Å². The first-order valence-corrected chi connectivity index (χ1v) is 3.43. The van der Waals surface area contributed by atoms with Crippen LogP contribution in [0, 0.1) is 0 Å². The Morgan fingerprint density at radius 2 is 2.20 bits per heavy atom. The Balaban J connectivity index is 3.43. The minimum atomic E-state index is 0.257. The third-order valence-electron chi connectivity index (χ3n) is 1.13. The highest BCUT2D eigenvalue weighted by Crippen LogP contribution is 2.01. The van der Waals surface area contributed by atoms with Gasteiger partial charge >= 0.3 is 0 Å². The second kappa shape index (κ2) is 4.98. The molecule has 0 aliphatic carbocycles. The minimum Gasteiger partial charge on any atom is -0.299 e. The molecular formula is C9H14O. The normalized spacial score (nSPS) is 8.90. The van der Waals surface area contributed by atoms with Crippen LogP contribution in [0.4, 0.5) is 0 Å². The largest absolute Gasteiger partial charge is 0.299 e. The van der Waals surface area contributed by atoms with E-state index in [1.54, 1.807) is 6.08 Å². The van der Waals surface area contributed by atoms with Crippen LogP contribution in [0.2, 0.25) is 0 Å². The van der Waals surface area contributed by atoms with E-state index in [9.17, 15) is 4.79 Å². The molecule has 0 aromatic rings. The topological polar surface area (TPSA) is 17.1 Å². The summed E-state index contributed by atoms with van der Waals surface area (Å²) in [5, 5.41) is 0. The van der Waals surface area contributed by atoms with E-state index >= 15 is 0 Å². The molecule has 10 heavy (non-hydrogen) atoms. The van der Waals surface area contributed by atoms with Crippen LogP contribution in [0.3, 0.4) is 0 Å². The van der Waals surface area contributed by atoms with Gasteiger partial charge in [0, 0.05) is 12.8 Å². The molecule has 0 saturated carbocycles. The van der Waals surface area contributed by atoms with Gasteiger partial charge in [0.15, 0.2) is 0 Å². The number of rotatable bonds is 5. The van der Waals surface area contributed by atoms with Gasteiger partial charge in [0.25, 0.3) is 0 Å². The lowest BCUT2D eigenvalue weighted by molar-refractivity contribution is -0.118. The van der Waals surface area contributed by atoms with Crippen LogP contribution in [0.1, 0.15) is 26.2 Å². The highest BCUT2D eigenvalue weighted by Gasteiger charge is 1.98. The van der Waals surface area contributed by atoms with E-state index in [4.69, 9.17) is 0 Å². The number of allylic oxidation sites excluding steroid dienone is 2. The monoisotopic (exact) mass is 138 g/mol. The van der Waals surface area contributed by atoms with Gasteiger partial charge in [-0.2, -0.15) is 0 Å². The highest BCUT2D eigenvalue weighted by molar-refractivity contribution is 5.80. The van der Waals surface area contributed by atoms with E-state index in [1.165, 1.54) is 0 Å². The predicted molar refractivity (Wildman–Crippen MR) is 43.9 cm³/mol. The Morgan fingerprint density at radius 1 is 1.60 bits per heavy atom. The molecule has 0 atom stereocenters. The SMILES string of the molecule is C=CCCC(=O)CC(=C)C. The molecule has 0 aliphatic rings. The van der Waals surface area contributed by atoms with Crippen LogP contribution in [0.15, 0.2) is 24.8 Å². The van der Waals surface area contributed by atoms with Crippen molar-refractivity contribution >= 4 is 5.78 Å². The summed E-state index contributed by atoms with van der Waals surface area (Å²) in [6.07, 6.45) is 3.67. The molecule has 0 fully saturated rings. The van der Waals surface area contributed by atoms with Gasteiger partial charge in [0.05, 0.1) is 0 Å². The maximum absolute atomic E-state index is 10.9. The summed E-state index contributed by atoms with van der Waals surface area (Å²) in [6, 6.07) is 0. The van der Waals surface area contributed by atoms with Crippen molar-refractivity contribution in [3.8, 4) is 0 Å². The van der Waals surface area contributed by atoms with E-state index in [0.29, 0.717) is 12.8 Å². The Morgan fingerprint density at radius 3 is 2.60 bits per heavy atom. The second-order valence-electron chi connectivity index (χ2n) is 2.50. The summed E-state index contributed by atoms with van der Waals surface area (Å²) in [5.74, 6) is 0.257. The molecule has 1 nitrogen and oxygen atoms in total. The summed E-state index contributed by atoms with van der Waals surface area (Å²) in [4.78, 5) is 10.9. The van der Waals surface area contributed by atoms with E-state index in [-0.39, 0.29) is 5.78 Å². The number of carbonyl (C=O) groups excluding carboxylic acids is 1. The van der Waals surface area contributed by atoms with Crippen LogP contribution < -0.4 is 0 Å². The van der Waals surface area contributed by atoms with Gasteiger partial charge in [-0.15, -0.1) is 6.58 Å². The maximum atomic E-state index is 10.9. The van der Waals surface area contributed by atoms with Crippen LogP contribution >= 0.6 is 0 Å². The number of hydrogen-bond acceptors (Lipinski definition) is 1. The predicted octanol–water partition coefficient (Wildman–Crippen LogP) is 2.49. The van der Waals surface area contributed by atoms with Crippen molar-refractivity contribution in [2.45, 2.75) is 26.2 Å². The summed E-state index contributed by atoms with van der Waals surface area (Å²) >= 11 is 0. The van der Waals surface area contributed by atoms with Crippen LogP contribution in [-0.2, 0) is 4.79 Å². The zero-order valence-electron chi connectivity index (χ0n) is 6.52. The number of ketones is 1. The van der Waals surface area contributed by atoms with Crippen molar-refractivity contribution in [1.29, 1.82) is 0 Å². The van der Waals surface area contributed by atoms with Crippen molar-refractivity contribution in [2.75, 3.05) is 0 Å². The molecule has 0 aliphatic heterocycles. The average molecular weight is 138 g/mol. The van der Waals surface area contributed by atoms with E-state index in [2.05, 4.69) is 13.2 Å². The first-order valence-electron chi connectivity index (χ1n) is 3.43. The van der Waals surface area contributed by atoms with Crippen molar-refractivity contribution in [2.24, 2.45) is 0 Å². The Labute approximate surface area is 62.4 Å². The van der Waals surface area contributed by atoms with Crippen molar-refractivity contribution in [3.63, 3.8) is 0 Å². The van der Waals surface area contributed by atoms with Crippen molar-refractivity contribution < 1.29 is 4.79 Å². The molecule has 0 N–H and O–H groups in total. The van der Waals surface area contributed by atoms with Gasteiger partial charge in [-0.25, -0.2) is 0 Å². The van der Waals surface area contributed by atoms with Gasteiger partial charge in [0.2, 0.25) is 0 Å². The van der Waals surface area contributed by atoms with Gasteiger partial charge < -0.3 is 0 Å². The quantitative estimate of drug-likeness (QED) is 0.533. The van der Waals surface area contributed by atoms with Crippen LogP contribution in [-0.4, -0.2) is 5.78 Å². The molecule has 0 spiro atoms. The molecule has 0 amide bonds. The first-order chi connectivity index (χ1) is 4.66. The molecule has 0 aromatic heterocycles. The molecule has 0 aromatic carbocycles. The Hall–Kier alpha value is -0.850. The van der Waals surface area contributed by atoms with E-state index < -0.39 is 0 Å².